The molecule has 4 rings (SSSR count). The van der Waals surface area contributed by atoms with Crippen LogP contribution in [0.5, 0.6) is 17.2 Å². The predicted molar refractivity (Wildman–Crippen MR) is 128 cm³/mol. The molecule has 0 N–H and O–H groups in total. The van der Waals surface area contributed by atoms with Gasteiger partial charge in [0.15, 0.2) is 0 Å². The van der Waals surface area contributed by atoms with Gasteiger partial charge in [-0.25, -0.2) is 0 Å². The predicted octanol–water partition coefficient (Wildman–Crippen LogP) is 4.24. The van der Waals surface area contributed by atoms with Crippen molar-refractivity contribution >= 4 is 5.91 Å². The van der Waals surface area contributed by atoms with Crippen LogP contribution in [-0.4, -0.2) is 56.1 Å². The summed E-state index contributed by atoms with van der Waals surface area (Å²) in [4.78, 5) is 17.5. The molecule has 6 heteroatoms. The fourth-order valence-electron chi connectivity index (χ4n) is 4.01. The van der Waals surface area contributed by atoms with Crippen LogP contribution in [0, 0.1) is 0 Å². The lowest BCUT2D eigenvalue weighted by Gasteiger charge is -2.35. The van der Waals surface area contributed by atoms with Crippen LogP contribution >= 0.6 is 0 Å². The molecule has 0 atom stereocenters. The lowest BCUT2D eigenvalue weighted by Crippen LogP contribution is -2.48. The average Bonchev–Trinajstić information content (AvgIpc) is 2.88. The number of amides is 1. The molecule has 33 heavy (non-hydrogen) atoms. The standard InChI is InChI=1S/C27H30N2O4/c1-31-24-9-6-10-25(18-24)33-20-23-17-22(11-12-26(23)32-2)27(30)29-15-13-28(14-16-29)19-21-7-4-3-5-8-21/h3-12,17-18H,13-16,19-20H2,1-2H3. The molecule has 6 nitrogen and oxygen atoms in total. The minimum absolute atomic E-state index is 0.0413. The van der Waals surface area contributed by atoms with Crippen LogP contribution < -0.4 is 14.2 Å². The number of methoxy groups -OCH3 is 2. The highest BCUT2D eigenvalue weighted by Crippen LogP contribution is 2.25. The van der Waals surface area contributed by atoms with Gasteiger partial charge in [-0.15, -0.1) is 0 Å². The Bertz CT molecular complexity index is 1060. The van der Waals surface area contributed by atoms with Crippen molar-refractivity contribution in [2.45, 2.75) is 13.2 Å². The molecular weight excluding hydrogens is 416 g/mol. The molecule has 1 aliphatic rings. The highest BCUT2D eigenvalue weighted by Gasteiger charge is 2.23. The van der Waals surface area contributed by atoms with E-state index in [0.29, 0.717) is 36.8 Å². The zero-order valence-electron chi connectivity index (χ0n) is 19.2. The van der Waals surface area contributed by atoms with E-state index in [1.807, 2.05) is 53.4 Å². The molecule has 0 spiro atoms. The second kappa shape index (κ2) is 10.9. The van der Waals surface area contributed by atoms with Crippen molar-refractivity contribution in [3.63, 3.8) is 0 Å². The van der Waals surface area contributed by atoms with Crippen molar-refractivity contribution in [3.05, 3.63) is 89.5 Å². The van der Waals surface area contributed by atoms with Crippen molar-refractivity contribution < 1.29 is 19.0 Å². The van der Waals surface area contributed by atoms with E-state index in [-0.39, 0.29) is 5.91 Å². The number of piperazine rings is 1. The van der Waals surface area contributed by atoms with Gasteiger partial charge >= 0.3 is 0 Å². The summed E-state index contributed by atoms with van der Waals surface area (Å²) in [7, 11) is 3.25. The Morgan fingerprint density at radius 2 is 1.58 bits per heavy atom. The fourth-order valence-corrected chi connectivity index (χ4v) is 4.01. The van der Waals surface area contributed by atoms with Crippen molar-refractivity contribution in [2.24, 2.45) is 0 Å². The maximum Gasteiger partial charge on any atom is 0.253 e. The Labute approximate surface area is 195 Å². The molecule has 1 aliphatic heterocycles. The van der Waals surface area contributed by atoms with Crippen LogP contribution in [0.4, 0.5) is 0 Å². The van der Waals surface area contributed by atoms with E-state index in [4.69, 9.17) is 14.2 Å². The Kier molecular flexibility index (Phi) is 7.47. The van der Waals surface area contributed by atoms with Crippen LogP contribution in [0.3, 0.4) is 0 Å². The molecule has 3 aromatic rings. The highest BCUT2D eigenvalue weighted by atomic mass is 16.5. The van der Waals surface area contributed by atoms with Crippen LogP contribution in [-0.2, 0) is 13.2 Å². The first-order valence-corrected chi connectivity index (χ1v) is 11.2. The fraction of sp³-hybridized carbons (Fsp3) is 0.296. The molecule has 1 saturated heterocycles. The summed E-state index contributed by atoms with van der Waals surface area (Å²) in [6.07, 6.45) is 0. The minimum atomic E-state index is 0.0413. The van der Waals surface area contributed by atoms with E-state index < -0.39 is 0 Å². The van der Waals surface area contributed by atoms with Crippen molar-refractivity contribution in [1.82, 2.24) is 9.80 Å². The number of benzene rings is 3. The Balaban J connectivity index is 1.38. The Hall–Kier alpha value is -3.51. The van der Waals surface area contributed by atoms with Crippen LogP contribution in [0.25, 0.3) is 0 Å². The van der Waals surface area contributed by atoms with E-state index in [9.17, 15) is 4.79 Å². The largest absolute Gasteiger partial charge is 0.497 e. The Morgan fingerprint density at radius 1 is 0.818 bits per heavy atom. The zero-order valence-corrected chi connectivity index (χ0v) is 19.2. The first kappa shape index (κ1) is 22.7. The van der Waals surface area contributed by atoms with Gasteiger partial charge in [-0.1, -0.05) is 36.4 Å². The number of hydrogen-bond acceptors (Lipinski definition) is 5. The molecule has 1 amide bonds. The molecule has 1 heterocycles. The van der Waals surface area contributed by atoms with Gasteiger partial charge in [0, 0.05) is 49.9 Å². The molecule has 0 saturated carbocycles. The summed E-state index contributed by atoms with van der Waals surface area (Å²) in [5.74, 6) is 2.17. The van der Waals surface area contributed by atoms with Gasteiger partial charge in [0.05, 0.1) is 14.2 Å². The number of carbonyl (C=O) groups is 1. The number of carbonyl (C=O) groups excluding carboxylic acids is 1. The summed E-state index contributed by atoms with van der Waals surface area (Å²) < 4.78 is 16.7. The third-order valence-corrected chi connectivity index (χ3v) is 5.87. The van der Waals surface area contributed by atoms with E-state index in [1.165, 1.54) is 5.56 Å². The summed E-state index contributed by atoms with van der Waals surface area (Å²) >= 11 is 0. The summed E-state index contributed by atoms with van der Waals surface area (Å²) in [6.45, 7) is 4.37. The van der Waals surface area contributed by atoms with Crippen molar-refractivity contribution in [1.29, 1.82) is 0 Å². The summed E-state index contributed by atoms with van der Waals surface area (Å²) in [5, 5.41) is 0. The minimum Gasteiger partial charge on any atom is -0.497 e. The Morgan fingerprint density at radius 3 is 2.30 bits per heavy atom. The van der Waals surface area contributed by atoms with Gasteiger partial charge in [-0.3, -0.25) is 9.69 Å². The summed E-state index contributed by atoms with van der Waals surface area (Å²) in [5.41, 5.74) is 2.78. The molecule has 0 radical (unpaired) electrons. The normalized spacial score (nSPS) is 14.1. The van der Waals surface area contributed by atoms with Crippen LogP contribution in [0.15, 0.2) is 72.8 Å². The van der Waals surface area contributed by atoms with Gasteiger partial charge in [-0.2, -0.15) is 0 Å². The highest BCUT2D eigenvalue weighted by molar-refractivity contribution is 5.94. The van der Waals surface area contributed by atoms with Crippen molar-refractivity contribution in [3.8, 4) is 17.2 Å². The average molecular weight is 447 g/mol. The molecule has 1 fully saturated rings. The van der Waals surface area contributed by atoms with Gasteiger partial charge < -0.3 is 19.1 Å². The number of rotatable bonds is 8. The molecular formula is C27H30N2O4. The van der Waals surface area contributed by atoms with Crippen molar-refractivity contribution in [2.75, 3.05) is 40.4 Å². The molecule has 0 aliphatic carbocycles. The van der Waals surface area contributed by atoms with Gasteiger partial charge in [0.2, 0.25) is 0 Å². The van der Waals surface area contributed by atoms with Crippen LogP contribution in [0.2, 0.25) is 0 Å². The molecule has 172 valence electrons. The van der Waals surface area contributed by atoms with E-state index in [0.717, 1.165) is 30.9 Å². The van der Waals surface area contributed by atoms with Gasteiger partial charge in [-0.05, 0) is 35.9 Å². The second-order valence-electron chi connectivity index (χ2n) is 8.05. The topological polar surface area (TPSA) is 51.2 Å². The van der Waals surface area contributed by atoms with E-state index in [1.54, 1.807) is 14.2 Å². The lowest BCUT2D eigenvalue weighted by atomic mass is 10.1. The third-order valence-electron chi connectivity index (χ3n) is 5.87. The first-order valence-electron chi connectivity index (χ1n) is 11.2. The zero-order chi connectivity index (χ0) is 23.0. The van der Waals surface area contributed by atoms with E-state index in [2.05, 4.69) is 29.2 Å². The molecule has 0 aromatic heterocycles. The molecule has 0 bridgehead atoms. The monoisotopic (exact) mass is 446 g/mol. The van der Waals surface area contributed by atoms with Crippen LogP contribution in [0.1, 0.15) is 21.5 Å². The molecule has 3 aromatic carbocycles. The second-order valence-corrected chi connectivity index (χ2v) is 8.05. The first-order chi connectivity index (χ1) is 16.2. The third kappa shape index (κ3) is 5.84. The maximum absolute atomic E-state index is 13.2. The summed E-state index contributed by atoms with van der Waals surface area (Å²) in [6, 6.07) is 23.4. The van der Waals surface area contributed by atoms with Gasteiger partial charge in [0.25, 0.3) is 5.91 Å². The van der Waals surface area contributed by atoms with E-state index >= 15 is 0 Å². The number of nitrogens with zero attached hydrogens (tertiary/aromatic N) is 2. The number of ether oxygens (including phenoxy) is 3. The number of hydrogen-bond donors (Lipinski definition) is 0. The van der Waals surface area contributed by atoms with Gasteiger partial charge in [0.1, 0.15) is 23.9 Å². The smallest absolute Gasteiger partial charge is 0.253 e. The SMILES string of the molecule is COc1cccc(OCc2cc(C(=O)N3CCN(Cc4ccccc4)CC3)ccc2OC)c1. The lowest BCUT2D eigenvalue weighted by molar-refractivity contribution is 0.0628. The quantitative estimate of drug-likeness (QED) is 0.518. The maximum atomic E-state index is 13.2. The molecule has 0 unspecified atom stereocenters.